The Hall–Kier alpha value is -3.93. The van der Waals surface area contributed by atoms with Crippen molar-refractivity contribution >= 4 is 28.4 Å². The maximum Gasteiger partial charge on any atom is 0.573 e. The van der Waals surface area contributed by atoms with Crippen LogP contribution in [-0.4, -0.2) is 31.0 Å². The molecule has 4 rings (SSSR count). The minimum absolute atomic E-state index is 0.0111. The normalized spacial score (nSPS) is 12.5. The van der Waals surface area contributed by atoms with Crippen molar-refractivity contribution in [1.82, 2.24) is 9.38 Å². The molecule has 2 aromatic heterocycles. The summed E-state index contributed by atoms with van der Waals surface area (Å²) >= 11 is 0. The van der Waals surface area contributed by atoms with E-state index in [0.29, 0.717) is 16.9 Å². The maximum atomic E-state index is 13.8. The molecule has 0 saturated carbocycles. The van der Waals surface area contributed by atoms with Crippen molar-refractivity contribution in [3.8, 4) is 5.75 Å². The third-order valence-electron chi connectivity index (χ3n) is 5.02. The van der Waals surface area contributed by atoms with Crippen LogP contribution < -0.4 is 9.04 Å². The van der Waals surface area contributed by atoms with Crippen molar-refractivity contribution in [3.63, 3.8) is 0 Å². The Morgan fingerprint density at radius 2 is 1.74 bits per heavy atom. The second kappa shape index (κ2) is 9.37. The summed E-state index contributed by atoms with van der Waals surface area (Å²) in [4.78, 5) is 15.9. The molecule has 0 aliphatic rings. The largest absolute Gasteiger partial charge is 0.573 e. The second-order valence-corrected chi connectivity index (χ2v) is 8.81. The SMILES string of the molecule is Cc1c(N(Cc2ccc(OC(F)(F)F)cc2)S(=O)c2ccc(C(=O)O)cc2)nc2ccc(F)cn12. The average Bonchev–Trinajstić information content (AvgIpc) is 3.12. The Morgan fingerprint density at radius 1 is 1.09 bits per heavy atom. The zero-order valence-electron chi connectivity index (χ0n) is 18.0. The first-order chi connectivity index (χ1) is 16.5. The van der Waals surface area contributed by atoms with Crippen LogP contribution in [0.15, 0.2) is 71.8 Å². The van der Waals surface area contributed by atoms with Crippen LogP contribution in [0.3, 0.4) is 0 Å². The number of pyridine rings is 1. The lowest BCUT2D eigenvalue weighted by molar-refractivity contribution is -0.274. The quantitative estimate of drug-likeness (QED) is 0.352. The molecule has 1 unspecified atom stereocenters. The van der Waals surface area contributed by atoms with E-state index < -0.39 is 34.9 Å². The van der Waals surface area contributed by atoms with E-state index in [-0.39, 0.29) is 22.8 Å². The van der Waals surface area contributed by atoms with Crippen LogP contribution in [0.1, 0.15) is 21.6 Å². The number of hydrogen-bond donors (Lipinski definition) is 1. The first kappa shape index (κ1) is 24.2. The molecule has 7 nitrogen and oxygen atoms in total. The van der Waals surface area contributed by atoms with E-state index in [1.807, 2.05) is 0 Å². The van der Waals surface area contributed by atoms with E-state index >= 15 is 0 Å². The fraction of sp³-hybridized carbons (Fsp3) is 0.130. The van der Waals surface area contributed by atoms with Crippen LogP contribution in [0.2, 0.25) is 0 Å². The molecule has 182 valence electrons. The van der Waals surface area contributed by atoms with Crippen molar-refractivity contribution in [2.24, 2.45) is 0 Å². The van der Waals surface area contributed by atoms with E-state index in [9.17, 15) is 26.6 Å². The molecule has 0 amide bonds. The number of fused-ring (bicyclic) bond motifs is 1. The van der Waals surface area contributed by atoms with E-state index in [4.69, 9.17) is 5.11 Å². The number of aromatic nitrogens is 2. The number of hydrogen-bond acceptors (Lipinski definition) is 4. The molecule has 0 bridgehead atoms. The van der Waals surface area contributed by atoms with E-state index in [1.54, 1.807) is 6.92 Å². The molecule has 0 radical (unpaired) electrons. The number of carboxylic acids is 1. The Labute approximate surface area is 198 Å². The lowest BCUT2D eigenvalue weighted by Crippen LogP contribution is -2.26. The van der Waals surface area contributed by atoms with Gasteiger partial charge in [0, 0.05) is 6.20 Å². The fourth-order valence-corrected chi connectivity index (χ4v) is 4.60. The van der Waals surface area contributed by atoms with Crippen molar-refractivity contribution in [2.45, 2.75) is 24.7 Å². The number of aryl methyl sites for hydroxylation is 1. The molecular formula is C23H17F4N3O4S. The fourth-order valence-electron chi connectivity index (χ4n) is 3.38. The highest BCUT2D eigenvalue weighted by molar-refractivity contribution is 7.86. The number of carbonyl (C=O) groups is 1. The number of ether oxygens (including phenoxy) is 1. The number of rotatable bonds is 7. The number of halogens is 4. The number of anilines is 1. The van der Waals surface area contributed by atoms with Crippen molar-refractivity contribution in [2.75, 3.05) is 4.31 Å². The minimum atomic E-state index is -4.83. The summed E-state index contributed by atoms with van der Waals surface area (Å²) in [5.74, 6) is -1.79. The zero-order chi connectivity index (χ0) is 25.3. The third-order valence-corrected chi connectivity index (χ3v) is 6.40. The van der Waals surface area contributed by atoms with Gasteiger partial charge in [0.05, 0.1) is 22.7 Å². The average molecular weight is 507 g/mol. The van der Waals surface area contributed by atoms with Crippen molar-refractivity contribution in [3.05, 3.63) is 89.5 Å². The Kier molecular flexibility index (Phi) is 6.48. The van der Waals surface area contributed by atoms with Crippen LogP contribution in [-0.2, 0) is 17.5 Å². The van der Waals surface area contributed by atoms with Crippen LogP contribution in [0.25, 0.3) is 5.65 Å². The molecule has 2 aromatic carbocycles. The monoisotopic (exact) mass is 507 g/mol. The molecule has 2 heterocycles. The van der Waals surface area contributed by atoms with Gasteiger partial charge in [-0.25, -0.2) is 18.4 Å². The van der Waals surface area contributed by atoms with Gasteiger partial charge in [-0.15, -0.1) is 13.2 Å². The lowest BCUT2D eigenvalue weighted by atomic mass is 10.2. The zero-order valence-corrected chi connectivity index (χ0v) is 18.8. The number of benzene rings is 2. The van der Waals surface area contributed by atoms with Gasteiger partial charge in [-0.05, 0) is 61.0 Å². The van der Waals surface area contributed by atoms with Crippen LogP contribution >= 0.6 is 0 Å². The summed E-state index contributed by atoms with van der Waals surface area (Å²) in [7, 11) is -1.90. The number of carboxylic acid groups (broad SMARTS) is 1. The van der Waals surface area contributed by atoms with Gasteiger partial charge in [0.25, 0.3) is 0 Å². The van der Waals surface area contributed by atoms with Gasteiger partial charge >= 0.3 is 12.3 Å². The Balaban J connectivity index is 1.73. The summed E-state index contributed by atoms with van der Waals surface area (Å²) in [5.41, 5.74) is 1.39. The molecule has 0 aliphatic heterocycles. The van der Waals surface area contributed by atoms with Gasteiger partial charge in [-0.1, -0.05) is 12.1 Å². The smallest absolute Gasteiger partial charge is 0.478 e. The number of nitrogens with zero attached hydrogens (tertiary/aromatic N) is 3. The van der Waals surface area contributed by atoms with E-state index in [2.05, 4.69) is 9.72 Å². The number of aromatic carboxylic acids is 1. The van der Waals surface area contributed by atoms with Crippen molar-refractivity contribution in [1.29, 1.82) is 0 Å². The first-order valence-electron chi connectivity index (χ1n) is 10.0. The van der Waals surface area contributed by atoms with Gasteiger partial charge in [-0.2, -0.15) is 0 Å². The Morgan fingerprint density at radius 3 is 2.34 bits per heavy atom. The highest BCUT2D eigenvalue weighted by Gasteiger charge is 2.31. The molecule has 0 spiro atoms. The third kappa shape index (κ3) is 5.43. The van der Waals surface area contributed by atoms with Crippen LogP contribution in [0, 0.1) is 12.7 Å². The highest BCUT2D eigenvalue weighted by Crippen LogP contribution is 2.29. The second-order valence-electron chi connectivity index (χ2n) is 7.40. The summed E-state index contributed by atoms with van der Waals surface area (Å²) in [5, 5.41) is 9.12. The molecule has 0 fully saturated rings. The van der Waals surface area contributed by atoms with Gasteiger partial charge in [0.15, 0.2) is 16.8 Å². The minimum Gasteiger partial charge on any atom is -0.478 e. The van der Waals surface area contributed by atoms with E-state index in [0.717, 1.165) is 12.1 Å². The summed E-state index contributed by atoms with van der Waals surface area (Å²) < 4.78 is 71.6. The molecule has 35 heavy (non-hydrogen) atoms. The van der Waals surface area contributed by atoms with Gasteiger partial charge in [0.1, 0.15) is 17.2 Å². The Bertz CT molecular complexity index is 1400. The number of alkyl halides is 3. The van der Waals surface area contributed by atoms with Gasteiger partial charge in [0.2, 0.25) is 0 Å². The highest BCUT2D eigenvalue weighted by atomic mass is 32.2. The van der Waals surface area contributed by atoms with Crippen molar-refractivity contribution < 1.29 is 36.4 Å². The predicted octanol–water partition coefficient (Wildman–Crippen LogP) is 5.11. The summed E-state index contributed by atoms with van der Waals surface area (Å²) in [6, 6.07) is 13.2. The molecular weight excluding hydrogens is 490 g/mol. The van der Waals surface area contributed by atoms with Crippen LogP contribution in [0.4, 0.5) is 23.4 Å². The molecule has 1 N–H and O–H groups in total. The molecule has 0 aliphatic carbocycles. The molecule has 12 heteroatoms. The lowest BCUT2D eigenvalue weighted by Gasteiger charge is -2.22. The topological polar surface area (TPSA) is 84.1 Å². The molecule has 0 saturated heterocycles. The maximum absolute atomic E-state index is 13.8. The predicted molar refractivity (Wildman–Crippen MR) is 119 cm³/mol. The number of imidazole rings is 1. The first-order valence-corrected chi connectivity index (χ1v) is 11.1. The van der Waals surface area contributed by atoms with Gasteiger partial charge in [-0.3, -0.25) is 8.71 Å². The van der Waals surface area contributed by atoms with Crippen LogP contribution in [0.5, 0.6) is 5.75 Å². The van der Waals surface area contributed by atoms with E-state index in [1.165, 1.54) is 63.4 Å². The molecule has 1 atom stereocenters. The molecule has 4 aromatic rings. The van der Waals surface area contributed by atoms with Gasteiger partial charge < -0.3 is 9.84 Å². The standard InChI is InChI=1S/C23H17F4N3O4S/c1-14-21(28-20-11-6-17(24)13-29(14)20)30(35(33)19-9-4-16(5-10-19)22(31)32)12-15-2-7-18(8-3-15)34-23(25,26)27/h2-11,13H,12H2,1H3,(H,31,32). The summed E-state index contributed by atoms with van der Waals surface area (Å²) in [6.07, 6.45) is -3.60. The summed E-state index contributed by atoms with van der Waals surface area (Å²) in [6.45, 7) is 1.62.